The fourth-order valence-corrected chi connectivity index (χ4v) is 2.00. The molecule has 3 atom stereocenters. The maximum atomic E-state index is 9.99. The first-order valence-electron chi connectivity index (χ1n) is 5.19. The van der Waals surface area contributed by atoms with Gasteiger partial charge in [-0.25, -0.2) is 0 Å². The number of nitrogens with zero attached hydrogens (tertiary/aromatic N) is 4. The zero-order valence-electron chi connectivity index (χ0n) is 9.00. The summed E-state index contributed by atoms with van der Waals surface area (Å²) in [7, 11) is 1.71. The number of aliphatic hydroxyl groups is 1. The number of tetrazole rings is 1. The van der Waals surface area contributed by atoms with Crippen molar-refractivity contribution in [1.82, 2.24) is 20.2 Å². The van der Waals surface area contributed by atoms with Crippen LogP contribution in [0.2, 0.25) is 0 Å². The normalized spacial score (nSPS) is 28.2. The molecular formula is C9H16N4O2. The summed E-state index contributed by atoms with van der Waals surface area (Å²) in [4.78, 5) is 1.40. The van der Waals surface area contributed by atoms with Gasteiger partial charge < -0.3 is 9.84 Å². The van der Waals surface area contributed by atoms with Gasteiger partial charge >= 0.3 is 0 Å². The van der Waals surface area contributed by atoms with E-state index in [0.29, 0.717) is 12.2 Å². The third-order valence-corrected chi connectivity index (χ3v) is 2.87. The van der Waals surface area contributed by atoms with E-state index in [1.54, 1.807) is 7.05 Å². The summed E-state index contributed by atoms with van der Waals surface area (Å²) in [6.07, 6.45) is 1.04. The van der Waals surface area contributed by atoms with Crippen LogP contribution in [-0.2, 0) is 18.2 Å². The van der Waals surface area contributed by atoms with Gasteiger partial charge in [-0.2, -0.15) is 4.80 Å². The van der Waals surface area contributed by atoms with Crippen LogP contribution in [0.3, 0.4) is 0 Å². The summed E-state index contributed by atoms with van der Waals surface area (Å²) in [5, 5.41) is 21.6. The number of ether oxygens (including phenoxy) is 1. The Bertz CT molecular complexity index is 328. The van der Waals surface area contributed by atoms with Crippen LogP contribution in [0.15, 0.2) is 0 Å². The number of hydrogen-bond donors (Lipinski definition) is 1. The zero-order chi connectivity index (χ0) is 10.8. The van der Waals surface area contributed by atoms with Crippen molar-refractivity contribution < 1.29 is 9.84 Å². The van der Waals surface area contributed by atoms with Crippen molar-refractivity contribution in [2.45, 2.75) is 32.0 Å². The third-order valence-electron chi connectivity index (χ3n) is 2.87. The van der Waals surface area contributed by atoms with E-state index in [4.69, 9.17) is 4.74 Å². The lowest BCUT2D eigenvalue weighted by Gasteiger charge is -2.19. The molecule has 0 amide bonds. The first kappa shape index (κ1) is 10.5. The summed E-state index contributed by atoms with van der Waals surface area (Å²) < 4.78 is 5.41. The van der Waals surface area contributed by atoms with E-state index in [0.717, 1.165) is 13.0 Å². The molecule has 1 aliphatic heterocycles. The number of aromatic nitrogens is 4. The predicted octanol–water partition coefficient (Wildman–Crippen LogP) is -0.462. The number of aliphatic hydroxyl groups excluding tert-OH is 1. The minimum Gasteiger partial charge on any atom is -0.392 e. The monoisotopic (exact) mass is 212 g/mol. The van der Waals surface area contributed by atoms with Gasteiger partial charge in [-0.3, -0.25) is 0 Å². The second kappa shape index (κ2) is 4.24. The van der Waals surface area contributed by atoms with E-state index in [2.05, 4.69) is 15.4 Å². The average Bonchev–Trinajstić information content (AvgIpc) is 2.75. The van der Waals surface area contributed by atoms with Gasteiger partial charge in [0.25, 0.3) is 0 Å². The lowest BCUT2D eigenvalue weighted by Crippen LogP contribution is -2.28. The van der Waals surface area contributed by atoms with Gasteiger partial charge in [0.05, 0.1) is 19.3 Å². The van der Waals surface area contributed by atoms with Gasteiger partial charge in [0.1, 0.15) is 0 Å². The van der Waals surface area contributed by atoms with Crippen molar-refractivity contribution in [2.24, 2.45) is 13.0 Å². The highest BCUT2D eigenvalue weighted by molar-refractivity contribution is 4.87. The number of rotatable bonds is 3. The van der Waals surface area contributed by atoms with Crippen LogP contribution in [0, 0.1) is 5.92 Å². The van der Waals surface area contributed by atoms with Crippen molar-refractivity contribution in [2.75, 3.05) is 6.61 Å². The van der Waals surface area contributed by atoms with E-state index < -0.39 is 6.10 Å². The summed E-state index contributed by atoms with van der Waals surface area (Å²) >= 11 is 0. The molecule has 6 heteroatoms. The van der Waals surface area contributed by atoms with Crippen molar-refractivity contribution >= 4 is 0 Å². The molecule has 84 valence electrons. The van der Waals surface area contributed by atoms with E-state index in [9.17, 15) is 5.11 Å². The second-order valence-electron chi connectivity index (χ2n) is 4.00. The molecule has 2 rings (SSSR count). The van der Waals surface area contributed by atoms with Crippen LogP contribution in [-0.4, -0.2) is 44.1 Å². The van der Waals surface area contributed by atoms with Gasteiger partial charge in [-0.15, -0.1) is 10.2 Å². The maximum absolute atomic E-state index is 9.99. The van der Waals surface area contributed by atoms with E-state index in [-0.39, 0.29) is 12.0 Å². The summed E-state index contributed by atoms with van der Waals surface area (Å²) in [6, 6.07) is 0. The lowest BCUT2D eigenvalue weighted by molar-refractivity contribution is 0.0431. The highest BCUT2D eigenvalue weighted by Crippen LogP contribution is 2.25. The molecule has 0 spiro atoms. The van der Waals surface area contributed by atoms with E-state index in [1.165, 1.54) is 4.80 Å². The highest BCUT2D eigenvalue weighted by atomic mass is 16.5. The second-order valence-corrected chi connectivity index (χ2v) is 4.00. The number of aryl methyl sites for hydroxylation is 1. The molecule has 1 fully saturated rings. The van der Waals surface area contributed by atoms with Gasteiger partial charge in [-0.05, 0) is 18.6 Å². The Hall–Kier alpha value is -1.01. The SMILES string of the molecule is CC1OCCC1C(O)Cc1nnn(C)n1. The fourth-order valence-electron chi connectivity index (χ4n) is 2.00. The molecule has 1 aromatic rings. The molecule has 2 heterocycles. The predicted molar refractivity (Wildman–Crippen MR) is 52.0 cm³/mol. The molecule has 1 saturated heterocycles. The van der Waals surface area contributed by atoms with Gasteiger partial charge in [0.2, 0.25) is 0 Å². The minimum atomic E-state index is -0.438. The molecule has 0 saturated carbocycles. The Morgan fingerprint density at radius 2 is 2.47 bits per heavy atom. The Balaban J connectivity index is 1.94. The quantitative estimate of drug-likeness (QED) is 0.734. The Morgan fingerprint density at radius 3 is 3.00 bits per heavy atom. The minimum absolute atomic E-state index is 0.122. The summed E-state index contributed by atoms with van der Waals surface area (Å²) in [5.41, 5.74) is 0. The van der Waals surface area contributed by atoms with Crippen LogP contribution >= 0.6 is 0 Å². The van der Waals surface area contributed by atoms with Crippen LogP contribution in [0.25, 0.3) is 0 Å². The average molecular weight is 212 g/mol. The van der Waals surface area contributed by atoms with Crippen LogP contribution < -0.4 is 0 Å². The summed E-state index contributed by atoms with van der Waals surface area (Å²) in [6.45, 7) is 2.72. The van der Waals surface area contributed by atoms with Gasteiger partial charge in [0, 0.05) is 18.9 Å². The first-order chi connectivity index (χ1) is 7.16. The van der Waals surface area contributed by atoms with Crippen LogP contribution in [0.4, 0.5) is 0 Å². The number of hydrogen-bond acceptors (Lipinski definition) is 5. The third kappa shape index (κ3) is 2.32. The fraction of sp³-hybridized carbons (Fsp3) is 0.889. The van der Waals surface area contributed by atoms with E-state index >= 15 is 0 Å². The Kier molecular flexibility index (Phi) is 2.97. The molecule has 15 heavy (non-hydrogen) atoms. The van der Waals surface area contributed by atoms with Gasteiger partial charge in [0.15, 0.2) is 5.82 Å². The zero-order valence-corrected chi connectivity index (χ0v) is 9.00. The standard InChI is InChI=1S/C9H16N4O2/c1-6-7(3-4-15-6)8(14)5-9-10-12-13(2)11-9/h6-8,14H,3-5H2,1-2H3. The molecule has 3 unspecified atom stereocenters. The first-order valence-corrected chi connectivity index (χ1v) is 5.19. The van der Waals surface area contributed by atoms with Crippen molar-refractivity contribution in [3.05, 3.63) is 5.82 Å². The molecule has 6 nitrogen and oxygen atoms in total. The Morgan fingerprint density at radius 1 is 1.67 bits per heavy atom. The topological polar surface area (TPSA) is 73.1 Å². The highest BCUT2D eigenvalue weighted by Gasteiger charge is 2.31. The van der Waals surface area contributed by atoms with Crippen molar-refractivity contribution in [1.29, 1.82) is 0 Å². The molecule has 0 radical (unpaired) electrons. The Labute approximate surface area is 88.2 Å². The molecule has 0 bridgehead atoms. The van der Waals surface area contributed by atoms with Gasteiger partial charge in [-0.1, -0.05) is 0 Å². The summed E-state index contributed by atoms with van der Waals surface area (Å²) in [5.74, 6) is 0.776. The smallest absolute Gasteiger partial charge is 0.177 e. The molecule has 0 aliphatic carbocycles. The molecule has 0 aromatic carbocycles. The van der Waals surface area contributed by atoms with Crippen LogP contribution in [0.1, 0.15) is 19.2 Å². The van der Waals surface area contributed by atoms with Crippen molar-refractivity contribution in [3.63, 3.8) is 0 Å². The lowest BCUT2D eigenvalue weighted by atomic mass is 9.93. The maximum Gasteiger partial charge on any atom is 0.177 e. The molecule has 1 aromatic heterocycles. The van der Waals surface area contributed by atoms with E-state index in [1.807, 2.05) is 6.92 Å². The van der Waals surface area contributed by atoms with Crippen molar-refractivity contribution in [3.8, 4) is 0 Å². The largest absolute Gasteiger partial charge is 0.392 e. The van der Waals surface area contributed by atoms with Crippen LogP contribution in [0.5, 0.6) is 0 Å². The molecule has 1 N–H and O–H groups in total. The molecule has 1 aliphatic rings. The molecular weight excluding hydrogens is 196 g/mol.